The number of aliphatic hydroxyl groups excluding tert-OH is 1. The van der Waals surface area contributed by atoms with Crippen molar-refractivity contribution < 1.29 is 19.5 Å². The van der Waals surface area contributed by atoms with Gasteiger partial charge in [0.05, 0.1) is 11.0 Å². The molecule has 0 aromatic heterocycles. The summed E-state index contributed by atoms with van der Waals surface area (Å²) in [6, 6.07) is 1.43. The van der Waals surface area contributed by atoms with E-state index in [9.17, 15) is 14.5 Å². The van der Waals surface area contributed by atoms with Gasteiger partial charge in [-0.25, -0.2) is 0 Å². The molecular formula is C8H8FNO4. The molecule has 1 unspecified atom stereocenters. The van der Waals surface area contributed by atoms with E-state index in [-0.39, 0.29) is 5.56 Å². The maximum atomic E-state index is 12.9. The molecular weight excluding hydrogens is 193 g/mol. The molecule has 0 fully saturated rings. The van der Waals surface area contributed by atoms with Gasteiger partial charge in [-0.3, -0.25) is 10.1 Å². The van der Waals surface area contributed by atoms with Crippen LogP contribution in [0.5, 0.6) is 5.75 Å². The van der Waals surface area contributed by atoms with Gasteiger partial charge in [0.15, 0.2) is 0 Å². The molecule has 6 heteroatoms. The van der Waals surface area contributed by atoms with Gasteiger partial charge in [-0.05, 0) is 6.92 Å². The highest BCUT2D eigenvalue weighted by Crippen LogP contribution is 2.30. The largest absolute Gasteiger partial charge is 0.507 e. The van der Waals surface area contributed by atoms with Crippen LogP contribution in [0.15, 0.2) is 12.1 Å². The van der Waals surface area contributed by atoms with Crippen molar-refractivity contribution in [2.75, 3.05) is 0 Å². The van der Waals surface area contributed by atoms with Crippen molar-refractivity contribution in [1.82, 2.24) is 0 Å². The fraction of sp³-hybridized carbons (Fsp3) is 0.250. The normalized spacial score (nSPS) is 12.5. The Morgan fingerprint density at radius 2 is 2.14 bits per heavy atom. The Morgan fingerprint density at radius 1 is 1.57 bits per heavy atom. The van der Waals surface area contributed by atoms with Crippen molar-refractivity contribution in [3.63, 3.8) is 0 Å². The maximum Gasteiger partial charge on any atom is 0.305 e. The number of halogens is 1. The molecule has 1 aromatic carbocycles. The van der Waals surface area contributed by atoms with Crippen molar-refractivity contribution in [3.05, 3.63) is 33.6 Å². The van der Waals surface area contributed by atoms with E-state index < -0.39 is 28.3 Å². The molecule has 0 bridgehead atoms. The number of nitro groups is 1. The zero-order chi connectivity index (χ0) is 10.9. The van der Waals surface area contributed by atoms with Gasteiger partial charge in [0, 0.05) is 17.7 Å². The quantitative estimate of drug-likeness (QED) is 0.560. The summed E-state index contributed by atoms with van der Waals surface area (Å²) in [6.07, 6.45) is -1.09. The van der Waals surface area contributed by atoms with Crippen LogP contribution in [0.25, 0.3) is 0 Å². The number of rotatable bonds is 2. The minimum atomic E-state index is -1.13. The SMILES string of the molecule is CC(O)c1cc([N+](=O)[O-])c(F)cc1O. The monoisotopic (exact) mass is 201 g/mol. The van der Waals surface area contributed by atoms with E-state index in [2.05, 4.69) is 0 Å². The first-order valence-corrected chi connectivity index (χ1v) is 3.78. The molecule has 0 aliphatic carbocycles. The zero-order valence-electron chi connectivity index (χ0n) is 7.27. The number of aliphatic hydroxyl groups is 1. The van der Waals surface area contributed by atoms with E-state index in [1.165, 1.54) is 6.92 Å². The van der Waals surface area contributed by atoms with Gasteiger partial charge >= 0.3 is 5.69 Å². The van der Waals surface area contributed by atoms with Gasteiger partial charge in [-0.2, -0.15) is 4.39 Å². The standard InChI is InChI=1S/C8H8FNO4/c1-4(11)5-2-7(10(13)14)6(9)3-8(5)12/h2-4,11-12H,1H3. The van der Waals surface area contributed by atoms with Crippen molar-refractivity contribution >= 4 is 5.69 Å². The van der Waals surface area contributed by atoms with Crippen molar-refractivity contribution in [2.45, 2.75) is 13.0 Å². The number of hydrogen-bond donors (Lipinski definition) is 2. The van der Waals surface area contributed by atoms with Crippen molar-refractivity contribution in [3.8, 4) is 5.75 Å². The fourth-order valence-electron chi connectivity index (χ4n) is 1.04. The third-order valence-corrected chi connectivity index (χ3v) is 1.74. The molecule has 1 aromatic rings. The molecule has 5 nitrogen and oxygen atoms in total. The van der Waals surface area contributed by atoms with Crippen molar-refractivity contribution in [2.24, 2.45) is 0 Å². The summed E-state index contributed by atoms with van der Waals surface area (Å²) in [4.78, 5) is 9.39. The molecule has 1 rings (SSSR count). The van der Waals surface area contributed by atoms with E-state index in [0.29, 0.717) is 6.07 Å². The van der Waals surface area contributed by atoms with E-state index in [1.54, 1.807) is 0 Å². The maximum absolute atomic E-state index is 12.9. The predicted octanol–water partition coefficient (Wildman–Crippen LogP) is 1.49. The minimum Gasteiger partial charge on any atom is -0.507 e. The number of phenolic OH excluding ortho intramolecular Hbond substituents is 1. The molecule has 0 radical (unpaired) electrons. The van der Waals surface area contributed by atoms with Crippen LogP contribution in [0, 0.1) is 15.9 Å². The summed E-state index contributed by atoms with van der Waals surface area (Å²) in [5, 5.41) is 28.6. The van der Waals surface area contributed by atoms with Gasteiger partial charge in [-0.1, -0.05) is 0 Å². The van der Waals surface area contributed by atoms with Crippen molar-refractivity contribution in [1.29, 1.82) is 0 Å². The Morgan fingerprint density at radius 3 is 2.57 bits per heavy atom. The third-order valence-electron chi connectivity index (χ3n) is 1.74. The topological polar surface area (TPSA) is 83.6 Å². The Kier molecular flexibility index (Phi) is 2.66. The summed E-state index contributed by atoms with van der Waals surface area (Å²) in [5.74, 6) is -1.62. The van der Waals surface area contributed by atoms with Crippen LogP contribution in [0.3, 0.4) is 0 Å². The average Bonchev–Trinajstić information content (AvgIpc) is 2.02. The Labute approximate surface area is 78.6 Å². The van der Waals surface area contributed by atoms with Crippen LogP contribution in [0.4, 0.5) is 10.1 Å². The van der Waals surface area contributed by atoms with E-state index in [4.69, 9.17) is 10.2 Å². The average molecular weight is 201 g/mol. The highest BCUT2D eigenvalue weighted by Gasteiger charge is 2.19. The van der Waals surface area contributed by atoms with Gasteiger partial charge in [0.1, 0.15) is 5.75 Å². The summed E-state index contributed by atoms with van der Waals surface area (Å²) in [6.45, 7) is 1.32. The van der Waals surface area contributed by atoms with Gasteiger partial charge in [0.2, 0.25) is 5.82 Å². The lowest BCUT2D eigenvalue weighted by atomic mass is 10.1. The van der Waals surface area contributed by atoms with Crippen LogP contribution < -0.4 is 0 Å². The zero-order valence-corrected chi connectivity index (χ0v) is 7.27. The Hall–Kier alpha value is -1.69. The number of hydrogen-bond acceptors (Lipinski definition) is 4. The molecule has 76 valence electrons. The van der Waals surface area contributed by atoms with E-state index >= 15 is 0 Å². The number of phenols is 1. The lowest BCUT2D eigenvalue weighted by Crippen LogP contribution is -1.98. The van der Waals surface area contributed by atoms with E-state index in [1.807, 2.05) is 0 Å². The van der Waals surface area contributed by atoms with Crippen LogP contribution >= 0.6 is 0 Å². The Balaban J connectivity index is 3.34. The molecule has 1 atom stereocenters. The smallest absolute Gasteiger partial charge is 0.305 e. The summed E-state index contributed by atoms with van der Waals surface area (Å²) >= 11 is 0. The molecule has 14 heavy (non-hydrogen) atoms. The number of nitro benzene ring substituents is 1. The minimum absolute atomic E-state index is 0.0712. The second-order valence-corrected chi connectivity index (χ2v) is 2.80. The number of nitrogens with zero attached hydrogens (tertiary/aromatic N) is 1. The van der Waals surface area contributed by atoms with Gasteiger partial charge < -0.3 is 10.2 Å². The van der Waals surface area contributed by atoms with E-state index in [0.717, 1.165) is 6.07 Å². The molecule has 0 saturated carbocycles. The summed E-state index contributed by atoms with van der Waals surface area (Å²) in [5.41, 5.74) is -0.836. The second kappa shape index (κ2) is 3.59. The predicted molar refractivity (Wildman–Crippen MR) is 45.4 cm³/mol. The number of benzene rings is 1. The molecule has 0 amide bonds. The van der Waals surface area contributed by atoms with Crippen LogP contribution in [0.1, 0.15) is 18.6 Å². The molecule has 0 heterocycles. The lowest BCUT2D eigenvalue weighted by Gasteiger charge is -2.06. The Bertz CT molecular complexity index is 378. The first kappa shape index (κ1) is 10.4. The van der Waals surface area contributed by atoms with Gasteiger partial charge in [0.25, 0.3) is 0 Å². The van der Waals surface area contributed by atoms with Crippen LogP contribution in [-0.4, -0.2) is 15.1 Å². The van der Waals surface area contributed by atoms with Gasteiger partial charge in [-0.15, -0.1) is 0 Å². The van der Waals surface area contributed by atoms with Crippen LogP contribution in [-0.2, 0) is 0 Å². The molecule has 0 aliphatic heterocycles. The first-order chi connectivity index (χ1) is 6.43. The molecule has 0 aliphatic rings. The summed E-state index contributed by atoms with van der Waals surface area (Å²) < 4.78 is 12.9. The molecule has 0 spiro atoms. The molecule has 0 saturated heterocycles. The molecule has 2 N–H and O–H groups in total. The second-order valence-electron chi connectivity index (χ2n) is 2.80. The first-order valence-electron chi connectivity index (χ1n) is 3.78. The highest BCUT2D eigenvalue weighted by molar-refractivity contribution is 5.45. The third kappa shape index (κ3) is 1.80. The summed E-state index contributed by atoms with van der Waals surface area (Å²) in [7, 11) is 0. The fourth-order valence-corrected chi connectivity index (χ4v) is 1.04. The highest BCUT2D eigenvalue weighted by atomic mass is 19.1. The van der Waals surface area contributed by atoms with Crippen LogP contribution in [0.2, 0.25) is 0 Å². The number of aromatic hydroxyl groups is 1. The lowest BCUT2D eigenvalue weighted by molar-refractivity contribution is -0.387.